The Morgan fingerprint density at radius 2 is 1.90 bits per heavy atom. The number of rotatable bonds is 5. The van der Waals surface area contributed by atoms with Crippen molar-refractivity contribution in [3.8, 4) is 11.5 Å². The number of hydrogen-bond donors (Lipinski definition) is 2. The van der Waals surface area contributed by atoms with Crippen molar-refractivity contribution >= 4 is 11.6 Å². The van der Waals surface area contributed by atoms with Crippen molar-refractivity contribution in [3.05, 3.63) is 58.1 Å². The van der Waals surface area contributed by atoms with Crippen molar-refractivity contribution in [2.24, 2.45) is 0 Å². The Hall–Kier alpha value is -1.71. The molecule has 2 aromatic rings. The summed E-state index contributed by atoms with van der Waals surface area (Å²) in [6, 6.07) is 11.9. The average Bonchev–Trinajstić information content (AvgIpc) is 2.48. The van der Waals surface area contributed by atoms with Crippen LogP contribution >= 0.6 is 11.6 Å². The third-order valence-electron chi connectivity index (χ3n) is 3.51. The van der Waals surface area contributed by atoms with Crippen LogP contribution in [-0.2, 0) is 6.54 Å². The molecule has 1 atom stereocenters. The fourth-order valence-electron chi connectivity index (χ4n) is 2.15. The molecule has 2 aromatic carbocycles. The number of methoxy groups -OCH3 is 1. The molecule has 0 unspecified atom stereocenters. The van der Waals surface area contributed by atoms with E-state index in [0.717, 1.165) is 5.56 Å². The van der Waals surface area contributed by atoms with Crippen LogP contribution in [0.1, 0.15) is 29.7 Å². The Kier molecular flexibility index (Phi) is 5.10. The zero-order valence-corrected chi connectivity index (χ0v) is 13.2. The maximum atomic E-state index is 10.1. The molecule has 0 aliphatic heterocycles. The Bertz CT molecular complexity index is 611. The highest BCUT2D eigenvalue weighted by Gasteiger charge is 2.11. The molecule has 4 heteroatoms. The molecule has 0 saturated heterocycles. The van der Waals surface area contributed by atoms with Gasteiger partial charge in [-0.25, -0.2) is 0 Å². The molecular formula is C17H20ClNO2. The summed E-state index contributed by atoms with van der Waals surface area (Å²) in [5.74, 6) is 0.521. The summed E-state index contributed by atoms with van der Waals surface area (Å²) >= 11 is 6.03. The Morgan fingerprint density at radius 3 is 2.52 bits per heavy atom. The minimum Gasteiger partial charge on any atom is -0.504 e. The summed E-state index contributed by atoms with van der Waals surface area (Å²) < 4.78 is 5.11. The molecule has 0 radical (unpaired) electrons. The van der Waals surface area contributed by atoms with Gasteiger partial charge in [0.2, 0.25) is 0 Å². The van der Waals surface area contributed by atoms with Gasteiger partial charge < -0.3 is 15.2 Å². The zero-order valence-electron chi connectivity index (χ0n) is 12.5. The van der Waals surface area contributed by atoms with E-state index in [1.54, 1.807) is 12.1 Å². The maximum absolute atomic E-state index is 10.1. The molecule has 0 amide bonds. The van der Waals surface area contributed by atoms with Crippen LogP contribution in [0.3, 0.4) is 0 Å². The van der Waals surface area contributed by atoms with Gasteiger partial charge in [0.1, 0.15) is 0 Å². The molecule has 0 aromatic heterocycles. The number of aryl methyl sites for hydroxylation is 1. The third kappa shape index (κ3) is 3.90. The molecule has 21 heavy (non-hydrogen) atoms. The summed E-state index contributed by atoms with van der Waals surface area (Å²) in [6.07, 6.45) is 0. The molecule has 112 valence electrons. The first kappa shape index (κ1) is 15.7. The lowest BCUT2D eigenvalue weighted by Crippen LogP contribution is -2.18. The molecule has 0 heterocycles. The highest BCUT2D eigenvalue weighted by molar-refractivity contribution is 6.30. The number of ether oxygens (including phenoxy) is 1. The fourth-order valence-corrected chi connectivity index (χ4v) is 2.39. The van der Waals surface area contributed by atoms with Gasteiger partial charge in [-0.1, -0.05) is 41.4 Å². The molecule has 0 spiro atoms. The summed E-state index contributed by atoms with van der Waals surface area (Å²) in [6.45, 7) is 4.67. The summed E-state index contributed by atoms with van der Waals surface area (Å²) in [4.78, 5) is 0. The van der Waals surface area contributed by atoms with E-state index in [4.69, 9.17) is 16.3 Å². The predicted octanol–water partition coefficient (Wildman–Crippen LogP) is 4.21. The predicted molar refractivity (Wildman–Crippen MR) is 86.1 cm³/mol. The van der Waals surface area contributed by atoms with Gasteiger partial charge in [0.15, 0.2) is 11.5 Å². The van der Waals surface area contributed by atoms with Gasteiger partial charge >= 0.3 is 0 Å². The normalized spacial score (nSPS) is 12.2. The maximum Gasteiger partial charge on any atom is 0.162 e. The van der Waals surface area contributed by atoms with Crippen LogP contribution in [0.25, 0.3) is 0 Å². The summed E-state index contributed by atoms with van der Waals surface area (Å²) in [7, 11) is 1.51. The molecule has 0 bridgehead atoms. The second-order valence-electron chi connectivity index (χ2n) is 5.13. The van der Waals surface area contributed by atoms with Crippen molar-refractivity contribution in [1.29, 1.82) is 0 Å². The molecular weight excluding hydrogens is 286 g/mol. The monoisotopic (exact) mass is 305 g/mol. The standard InChI is InChI=1S/C17H20ClNO2/c1-11-4-6-13(7-5-11)12(2)19-10-14-8-15(18)9-16(21-3)17(14)20/h4-9,12,19-20H,10H2,1-3H3/t12-/m1/s1. The van der Waals surface area contributed by atoms with Gasteiger partial charge in [0.25, 0.3) is 0 Å². The SMILES string of the molecule is COc1cc(Cl)cc(CN[C@H](C)c2ccc(C)cc2)c1O. The number of benzene rings is 2. The zero-order chi connectivity index (χ0) is 15.4. The van der Waals surface area contributed by atoms with E-state index < -0.39 is 0 Å². The third-order valence-corrected chi connectivity index (χ3v) is 3.73. The second-order valence-corrected chi connectivity index (χ2v) is 5.57. The highest BCUT2D eigenvalue weighted by atomic mass is 35.5. The van der Waals surface area contributed by atoms with Gasteiger partial charge in [-0.05, 0) is 25.5 Å². The smallest absolute Gasteiger partial charge is 0.162 e. The molecule has 3 nitrogen and oxygen atoms in total. The van der Waals surface area contributed by atoms with Crippen molar-refractivity contribution in [2.75, 3.05) is 7.11 Å². The number of nitrogens with one attached hydrogen (secondary N) is 1. The number of aromatic hydroxyl groups is 1. The average molecular weight is 306 g/mol. The first-order valence-electron chi connectivity index (χ1n) is 6.86. The van der Waals surface area contributed by atoms with Crippen LogP contribution in [0.2, 0.25) is 5.02 Å². The van der Waals surface area contributed by atoms with E-state index >= 15 is 0 Å². The van der Waals surface area contributed by atoms with E-state index in [0.29, 0.717) is 17.3 Å². The lowest BCUT2D eigenvalue weighted by molar-refractivity contribution is 0.369. The van der Waals surface area contributed by atoms with Crippen molar-refractivity contribution in [2.45, 2.75) is 26.4 Å². The van der Waals surface area contributed by atoms with Crippen molar-refractivity contribution < 1.29 is 9.84 Å². The lowest BCUT2D eigenvalue weighted by Gasteiger charge is -2.16. The number of hydrogen-bond acceptors (Lipinski definition) is 3. The van der Waals surface area contributed by atoms with Crippen LogP contribution in [0.4, 0.5) is 0 Å². The van der Waals surface area contributed by atoms with Crippen molar-refractivity contribution in [3.63, 3.8) is 0 Å². The van der Waals surface area contributed by atoms with Gasteiger partial charge in [-0.2, -0.15) is 0 Å². The molecule has 2 N–H and O–H groups in total. The minimum absolute atomic E-state index is 0.130. The number of phenolic OH excluding ortho intramolecular Hbond substituents is 1. The second kappa shape index (κ2) is 6.83. The largest absolute Gasteiger partial charge is 0.504 e. The van der Waals surface area contributed by atoms with E-state index in [1.807, 2.05) is 0 Å². The molecule has 0 aliphatic rings. The topological polar surface area (TPSA) is 41.5 Å². The Balaban J connectivity index is 2.09. The number of phenols is 1. The Labute approximate surface area is 130 Å². The highest BCUT2D eigenvalue weighted by Crippen LogP contribution is 2.33. The molecule has 0 fully saturated rings. The summed E-state index contributed by atoms with van der Waals surface area (Å²) in [5, 5.41) is 14.0. The summed E-state index contributed by atoms with van der Waals surface area (Å²) in [5.41, 5.74) is 3.16. The molecule has 0 saturated carbocycles. The first-order chi connectivity index (χ1) is 10.0. The molecule has 2 rings (SSSR count). The van der Waals surface area contributed by atoms with Crippen LogP contribution in [0, 0.1) is 6.92 Å². The first-order valence-corrected chi connectivity index (χ1v) is 7.24. The molecule has 0 aliphatic carbocycles. The van der Waals surface area contributed by atoms with Gasteiger partial charge in [-0.3, -0.25) is 0 Å². The minimum atomic E-state index is 0.130. The van der Waals surface area contributed by atoms with Gasteiger partial charge in [0, 0.05) is 29.2 Å². The van der Waals surface area contributed by atoms with Crippen LogP contribution < -0.4 is 10.1 Å². The van der Waals surface area contributed by atoms with Crippen molar-refractivity contribution in [1.82, 2.24) is 5.32 Å². The number of halogens is 1. The van der Waals surface area contributed by atoms with E-state index in [-0.39, 0.29) is 11.8 Å². The van der Waals surface area contributed by atoms with E-state index in [1.165, 1.54) is 18.2 Å². The van der Waals surface area contributed by atoms with Gasteiger partial charge in [-0.15, -0.1) is 0 Å². The van der Waals surface area contributed by atoms with Crippen LogP contribution in [0.15, 0.2) is 36.4 Å². The quantitative estimate of drug-likeness (QED) is 0.869. The van der Waals surface area contributed by atoms with E-state index in [9.17, 15) is 5.11 Å². The van der Waals surface area contributed by atoms with Crippen LogP contribution in [0.5, 0.6) is 11.5 Å². The van der Waals surface area contributed by atoms with Crippen LogP contribution in [-0.4, -0.2) is 12.2 Å². The van der Waals surface area contributed by atoms with Gasteiger partial charge in [0.05, 0.1) is 7.11 Å². The van der Waals surface area contributed by atoms with E-state index in [2.05, 4.69) is 43.4 Å². The fraction of sp³-hybridized carbons (Fsp3) is 0.294. The Morgan fingerprint density at radius 1 is 1.24 bits per heavy atom. The lowest BCUT2D eigenvalue weighted by atomic mass is 10.1.